The van der Waals surface area contributed by atoms with E-state index in [0.717, 1.165) is 0 Å². The number of carbonyl (C=O) groups is 1. The highest BCUT2D eigenvalue weighted by Crippen LogP contribution is 2.03. The second kappa shape index (κ2) is 2.89. The average Bonchev–Trinajstić information content (AvgIpc) is 1.91. The van der Waals surface area contributed by atoms with Crippen LogP contribution in [-0.4, -0.2) is 23.8 Å². The largest absolute Gasteiger partial charge is 0.464 e. The highest BCUT2D eigenvalue weighted by Gasteiger charge is 2.22. The molecular weight excluding hydrogens is 131 g/mol. The molecule has 0 unspecified atom stereocenters. The van der Waals surface area contributed by atoms with Gasteiger partial charge in [-0.1, -0.05) is 0 Å². The lowest BCUT2D eigenvalue weighted by molar-refractivity contribution is -0.144. The number of hydrogen-bond donors (Lipinski definition) is 1. The van der Waals surface area contributed by atoms with E-state index in [1.54, 1.807) is 0 Å². The van der Waals surface area contributed by atoms with Gasteiger partial charge in [-0.05, 0) is 0 Å². The maximum absolute atomic E-state index is 10.1. The molecule has 1 heterocycles. The molecule has 0 saturated carbocycles. The maximum Gasteiger partial charge on any atom is 0.335 e. The molecule has 0 bridgehead atoms. The average molecular weight is 139 g/mol. The first-order chi connectivity index (χ1) is 3.30. The Bertz CT molecular complexity index is 93.3. The highest BCUT2D eigenvalue weighted by molar-refractivity contribution is 5.85. The van der Waals surface area contributed by atoms with Crippen LogP contribution >= 0.6 is 12.4 Å². The molecule has 1 aliphatic heterocycles. The quantitative estimate of drug-likeness (QED) is 0.468. The van der Waals surface area contributed by atoms with Gasteiger partial charge in [0.05, 0.1) is 6.61 Å². The van der Waals surface area contributed by atoms with Gasteiger partial charge in [-0.15, -0.1) is 12.4 Å². The van der Waals surface area contributed by atoms with E-state index in [4.69, 9.17) is 5.11 Å². The first kappa shape index (κ1) is 7.72. The van der Waals surface area contributed by atoms with Gasteiger partial charge < -0.3 is 9.84 Å². The molecule has 1 saturated heterocycles. The second-order valence-electron chi connectivity index (χ2n) is 1.47. The summed E-state index contributed by atoms with van der Waals surface area (Å²) in [7, 11) is 0. The predicted octanol–water partition coefficient (Wildman–Crippen LogP) is -0.284. The smallest absolute Gasteiger partial charge is 0.335 e. The topological polar surface area (TPSA) is 46.5 Å². The molecular formula is C4H7ClO3. The van der Waals surface area contributed by atoms with Crippen molar-refractivity contribution in [3.63, 3.8) is 0 Å². The minimum absolute atomic E-state index is 0. The van der Waals surface area contributed by atoms with Crippen molar-refractivity contribution >= 4 is 18.4 Å². The van der Waals surface area contributed by atoms with Crippen molar-refractivity contribution in [2.24, 2.45) is 0 Å². The van der Waals surface area contributed by atoms with E-state index in [1.807, 2.05) is 0 Å². The van der Waals surface area contributed by atoms with Crippen molar-refractivity contribution < 1.29 is 14.6 Å². The number of halogens is 1. The summed E-state index contributed by atoms with van der Waals surface area (Å²) in [4.78, 5) is 10.1. The van der Waals surface area contributed by atoms with E-state index < -0.39 is 12.1 Å². The van der Waals surface area contributed by atoms with E-state index in [9.17, 15) is 4.79 Å². The van der Waals surface area contributed by atoms with E-state index in [2.05, 4.69) is 4.74 Å². The molecule has 8 heavy (non-hydrogen) atoms. The monoisotopic (exact) mass is 138 g/mol. The fourth-order valence-electron chi connectivity index (χ4n) is 0.485. The lowest BCUT2D eigenvalue weighted by Crippen LogP contribution is -2.11. The normalized spacial score (nSPS) is 26.6. The molecule has 1 atom stereocenters. The summed E-state index contributed by atoms with van der Waals surface area (Å²) in [5, 5.41) is 8.52. The molecule has 1 N–H and O–H groups in total. The molecule has 1 fully saturated rings. The number of rotatable bonds is 0. The van der Waals surface area contributed by atoms with Gasteiger partial charge in [0.25, 0.3) is 0 Å². The Balaban J connectivity index is 0.000000490. The van der Waals surface area contributed by atoms with E-state index in [0.29, 0.717) is 13.0 Å². The number of ether oxygens (including phenoxy) is 1. The van der Waals surface area contributed by atoms with E-state index >= 15 is 0 Å². The van der Waals surface area contributed by atoms with Crippen LogP contribution in [0.5, 0.6) is 0 Å². The molecule has 3 nitrogen and oxygen atoms in total. The number of aliphatic hydroxyl groups excluding tert-OH is 1. The van der Waals surface area contributed by atoms with Crippen LogP contribution < -0.4 is 0 Å². The molecule has 0 amide bonds. The van der Waals surface area contributed by atoms with E-state index in [1.165, 1.54) is 0 Å². The van der Waals surface area contributed by atoms with Crippen molar-refractivity contribution in [1.29, 1.82) is 0 Å². The highest BCUT2D eigenvalue weighted by atomic mass is 35.5. The van der Waals surface area contributed by atoms with Crippen molar-refractivity contribution in [2.45, 2.75) is 12.5 Å². The minimum atomic E-state index is -0.847. The summed E-state index contributed by atoms with van der Waals surface area (Å²) in [6.45, 7) is 0.375. The fourth-order valence-corrected chi connectivity index (χ4v) is 0.485. The first-order valence-electron chi connectivity index (χ1n) is 2.15. The number of esters is 1. The van der Waals surface area contributed by atoms with Crippen LogP contribution in [0.15, 0.2) is 0 Å². The van der Waals surface area contributed by atoms with E-state index in [-0.39, 0.29) is 12.4 Å². The van der Waals surface area contributed by atoms with Gasteiger partial charge in [-0.2, -0.15) is 0 Å². The molecule has 4 heteroatoms. The zero-order valence-corrected chi connectivity index (χ0v) is 4.98. The summed E-state index contributed by atoms with van der Waals surface area (Å²) in [6.07, 6.45) is -0.390. The van der Waals surface area contributed by atoms with Crippen LogP contribution in [0.3, 0.4) is 0 Å². The molecule has 0 aromatic rings. The van der Waals surface area contributed by atoms with Gasteiger partial charge >= 0.3 is 5.97 Å². The lowest BCUT2D eigenvalue weighted by atomic mass is 10.3. The molecule has 0 aliphatic carbocycles. The summed E-state index contributed by atoms with van der Waals surface area (Å²) in [5.41, 5.74) is 0. The van der Waals surface area contributed by atoms with Crippen LogP contribution in [0.1, 0.15) is 6.42 Å². The Morgan fingerprint density at radius 1 is 1.75 bits per heavy atom. The van der Waals surface area contributed by atoms with Crippen molar-refractivity contribution in [3.8, 4) is 0 Å². The third kappa shape index (κ3) is 1.35. The third-order valence-electron chi connectivity index (χ3n) is 0.908. The van der Waals surface area contributed by atoms with Crippen molar-refractivity contribution in [3.05, 3.63) is 0 Å². The molecule has 1 aliphatic rings. The maximum atomic E-state index is 10.1. The summed E-state index contributed by atoms with van der Waals surface area (Å²) >= 11 is 0. The summed E-state index contributed by atoms with van der Waals surface area (Å²) in [5.74, 6) is -0.486. The Morgan fingerprint density at radius 2 is 2.38 bits per heavy atom. The Labute approximate surface area is 53.1 Å². The molecule has 1 rings (SSSR count). The lowest BCUT2D eigenvalue weighted by Gasteiger charge is -1.88. The molecule has 0 aromatic carbocycles. The zero-order valence-electron chi connectivity index (χ0n) is 4.16. The number of aliphatic hydroxyl groups is 1. The standard InChI is InChI=1S/C4H6O3.ClH/c5-3-1-2-7-4(3)6;/h3,5H,1-2H2;1H/t3-;/m1./s1. The minimum Gasteiger partial charge on any atom is -0.464 e. The van der Waals surface area contributed by atoms with Crippen LogP contribution in [-0.2, 0) is 9.53 Å². The van der Waals surface area contributed by atoms with Crippen molar-refractivity contribution in [2.75, 3.05) is 6.61 Å². The van der Waals surface area contributed by atoms with Gasteiger partial charge in [0, 0.05) is 6.42 Å². The Morgan fingerprint density at radius 3 is 2.50 bits per heavy atom. The number of hydrogen-bond acceptors (Lipinski definition) is 3. The SMILES string of the molecule is Cl.O=C1OCC[C@H]1O. The Hall–Kier alpha value is -0.280. The summed E-state index contributed by atoms with van der Waals surface area (Å²) in [6, 6.07) is 0. The van der Waals surface area contributed by atoms with Gasteiger partial charge in [-0.3, -0.25) is 0 Å². The third-order valence-corrected chi connectivity index (χ3v) is 0.908. The van der Waals surface area contributed by atoms with Gasteiger partial charge in [-0.25, -0.2) is 4.79 Å². The van der Waals surface area contributed by atoms with Gasteiger partial charge in [0.1, 0.15) is 0 Å². The van der Waals surface area contributed by atoms with Gasteiger partial charge in [0.15, 0.2) is 6.10 Å². The Kier molecular flexibility index (Phi) is 2.79. The predicted molar refractivity (Wildman–Crippen MR) is 28.8 cm³/mol. The number of carbonyl (C=O) groups excluding carboxylic acids is 1. The van der Waals surface area contributed by atoms with Crippen LogP contribution in [0, 0.1) is 0 Å². The first-order valence-corrected chi connectivity index (χ1v) is 2.15. The molecule has 0 spiro atoms. The summed E-state index contributed by atoms with van der Waals surface area (Å²) < 4.78 is 4.38. The fraction of sp³-hybridized carbons (Fsp3) is 0.750. The molecule has 48 valence electrons. The van der Waals surface area contributed by atoms with Gasteiger partial charge in [0.2, 0.25) is 0 Å². The molecule has 0 radical (unpaired) electrons. The van der Waals surface area contributed by atoms with Crippen LogP contribution in [0.4, 0.5) is 0 Å². The van der Waals surface area contributed by atoms with Crippen molar-refractivity contribution in [1.82, 2.24) is 0 Å². The molecule has 0 aromatic heterocycles. The number of cyclic esters (lactones) is 1. The van der Waals surface area contributed by atoms with Crippen LogP contribution in [0.2, 0.25) is 0 Å². The van der Waals surface area contributed by atoms with Crippen LogP contribution in [0.25, 0.3) is 0 Å². The second-order valence-corrected chi connectivity index (χ2v) is 1.47. The zero-order chi connectivity index (χ0) is 5.28.